The molecule has 0 radical (unpaired) electrons. The van der Waals surface area contributed by atoms with E-state index in [9.17, 15) is 9.59 Å². The molecule has 4 nitrogen and oxygen atoms in total. The molecule has 0 rings (SSSR count). The molecule has 0 bridgehead atoms. The molecule has 0 aliphatic heterocycles. The van der Waals surface area contributed by atoms with Crippen molar-refractivity contribution in [3.05, 3.63) is 0 Å². The van der Waals surface area contributed by atoms with E-state index in [4.69, 9.17) is 10.2 Å². The summed E-state index contributed by atoms with van der Waals surface area (Å²) in [6.07, 6.45) is 6.32. The topological polar surface area (TPSA) is 74.6 Å². The lowest BCUT2D eigenvalue weighted by atomic mass is 9.90. The lowest BCUT2D eigenvalue weighted by Gasteiger charge is -2.27. The van der Waals surface area contributed by atoms with Gasteiger partial charge in [-0.25, -0.2) is 0 Å². The maximum Gasteiger partial charge on any atom is 0.304 e. The van der Waals surface area contributed by atoms with E-state index in [0.717, 1.165) is 31.6 Å². The second-order valence-electron chi connectivity index (χ2n) is 6.38. The fourth-order valence-corrected chi connectivity index (χ4v) is 3.75. The molecule has 6 heteroatoms. The summed E-state index contributed by atoms with van der Waals surface area (Å²) in [6, 6.07) is 0. The van der Waals surface area contributed by atoms with Crippen molar-refractivity contribution in [1.82, 2.24) is 0 Å². The van der Waals surface area contributed by atoms with Gasteiger partial charge in [0.25, 0.3) is 0 Å². The molecule has 0 fully saturated rings. The highest BCUT2D eigenvalue weighted by atomic mass is 32.1. The number of hydrogen-bond donors (Lipinski definition) is 4. The van der Waals surface area contributed by atoms with Gasteiger partial charge in [0, 0.05) is 10.5 Å². The molecule has 0 aliphatic rings. The van der Waals surface area contributed by atoms with Crippen LogP contribution in [0, 0.1) is 11.8 Å². The average Bonchev–Trinajstić information content (AvgIpc) is 2.35. The zero-order chi connectivity index (χ0) is 17.1. The minimum absolute atomic E-state index is 0.0577. The van der Waals surface area contributed by atoms with Crippen molar-refractivity contribution in [3.8, 4) is 0 Å². The Bertz CT molecular complexity index is 312. The van der Waals surface area contributed by atoms with Crippen molar-refractivity contribution in [2.45, 2.75) is 75.7 Å². The largest absolute Gasteiger partial charge is 0.481 e. The highest BCUT2D eigenvalue weighted by Gasteiger charge is 2.28. The van der Waals surface area contributed by atoms with Gasteiger partial charge in [-0.3, -0.25) is 9.59 Å². The normalized spacial score (nSPS) is 15.5. The summed E-state index contributed by atoms with van der Waals surface area (Å²) in [7, 11) is 0. The summed E-state index contributed by atoms with van der Waals surface area (Å²) >= 11 is 8.75. The molecular formula is C16H30O4S2. The van der Waals surface area contributed by atoms with Gasteiger partial charge in [0.1, 0.15) is 0 Å². The number of unbranched alkanes of at least 4 members (excludes halogenated alkanes) is 3. The first-order chi connectivity index (χ1) is 10.2. The quantitative estimate of drug-likeness (QED) is 0.297. The maximum absolute atomic E-state index is 10.8. The zero-order valence-electron chi connectivity index (χ0n) is 13.6. The Hall–Kier alpha value is -0.360. The van der Waals surface area contributed by atoms with Gasteiger partial charge in [-0.1, -0.05) is 46.0 Å². The van der Waals surface area contributed by atoms with E-state index in [2.05, 4.69) is 39.1 Å². The SMILES string of the molecule is CC(C)CCCCCCC(C(S)CC(=O)O)C(S)CC(=O)O. The van der Waals surface area contributed by atoms with E-state index in [1.54, 1.807) is 0 Å². The van der Waals surface area contributed by atoms with Gasteiger partial charge in [-0.15, -0.1) is 0 Å². The highest BCUT2D eigenvalue weighted by Crippen LogP contribution is 2.29. The third kappa shape index (κ3) is 11.2. The standard InChI is InChI=1S/C16H30O4S2/c1-11(2)7-5-3-4-6-8-12(13(21)9-15(17)18)14(22)10-16(19)20/h11-14,21-22H,3-10H2,1-2H3,(H,17,18)(H,19,20). The van der Waals surface area contributed by atoms with Crippen LogP contribution in [-0.2, 0) is 9.59 Å². The Morgan fingerprint density at radius 1 is 0.818 bits per heavy atom. The van der Waals surface area contributed by atoms with Crippen LogP contribution >= 0.6 is 25.3 Å². The van der Waals surface area contributed by atoms with Crippen LogP contribution in [0.2, 0.25) is 0 Å². The highest BCUT2D eigenvalue weighted by molar-refractivity contribution is 7.82. The predicted octanol–water partition coefficient (Wildman–Crippen LogP) is 4.15. The van der Waals surface area contributed by atoms with E-state index < -0.39 is 11.9 Å². The lowest BCUT2D eigenvalue weighted by Crippen LogP contribution is -2.29. The minimum atomic E-state index is -0.905. The number of hydrogen-bond acceptors (Lipinski definition) is 4. The van der Waals surface area contributed by atoms with Crippen molar-refractivity contribution < 1.29 is 19.8 Å². The second kappa shape index (κ2) is 12.1. The van der Waals surface area contributed by atoms with E-state index >= 15 is 0 Å². The van der Waals surface area contributed by atoms with E-state index in [-0.39, 0.29) is 29.3 Å². The fraction of sp³-hybridized carbons (Fsp3) is 0.875. The number of carboxylic acids is 2. The van der Waals surface area contributed by atoms with Crippen molar-refractivity contribution in [2.75, 3.05) is 0 Å². The zero-order valence-corrected chi connectivity index (χ0v) is 15.4. The Balaban J connectivity index is 4.28. The van der Waals surface area contributed by atoms with Crippen LogP contribution in [0.25, 0.3) is 0 Å². The third-order valence-electron chi connectivity index (χ3n) is 3.82. The molecule has 0 aliphatic carbocycles. The number of thiol groups is 2. The molecule has 2 unspecified atom stereocenters. The predicted molar refractivity (Wildman–Crippen MR) is 96.1 cm³/mol. The van der Waals surface area contributed by atoms with Crippen LogP contribution < -0.4 is 0 Å². The summed E-state index contributed by atoms with van der Waals surface area (Å²) in [5, 5.41) is 17.1. The maximum atomic E-state index is 10.8. The van der Waals surface area contributed by atoms with E-state index in [1.807, 2.05) is 0 Å². The van der Waals surface area contributed by atoms with Crippen LogP contribution in [0.3, 0.4) is 0 Å². The van der Waals surface area contributed by atoms with Gasteiger partial charge in [-0.05, 0) is 18.3 Å². The molecule has 0 aromatic carbocycles. The van der Waals surface area contributed by atoms with Gasteiger partial charge in [0.2, 0.25) is 0 Å². The summed E-state index contributed by atoms with van der Waals surface area (Å²) in [5.74, 6) is -1.18. The molecule has 0 aromatic rings. The molecule has 0 saturated carbocycles. The summed E-state index contributed by atoms with van der Waals surface area (Å²) < 4.78 is 0. The summed E-state index contributed by atoms with van der Waals surface area (Å²) in [6.45, 7) is 4.43. The Labute approximate surface area is 144 Å². The first-order valence-corrected chi connectivity index (χ1v) is 9.07. The Morgan fingerprint density at radius 3 is 1.59 bits per heavy atom. The van der Waals surface area contributed by atoms with Crippen LogP contribution in [-0.4, -0.2) is 32.7 Å². The van der Waals surface area contributed by atoms with Crippen molar-refractivity contribution in [3.63, 3.8) is 0 Å². The molecule has 0 spiro atoms. The number of carbonyl (C=O) groups is 2. The fourth-order valence-electron chi connectivity index (χ4n) is 2.59. The Kier molecular flexibility index (Phi) is 11.9. The lowest BCUT2D eigenvalue weighted by molar-refractivity contribution is -0.137. The molecule has 2 atom stereocenters. The van der Waals surface area contributed by atoms with Gasteiger partial charge in [0.05, 0.1) is 12.8 Å². The van der Waals surface area contributed by atoms with Crippen LogP contribution in [0.5, 0.6) is 0 Å². The molecular weight excluding hydrogens is 320 g/mol. The smallest absolute Gasteiger partial charge is 0.304 e. The number of rotatable bonds is 13. The first-order valence-electron chi connectivity index (χ1n) is 8.03. The molecule has 2 N–H and O–H groups in total. The summed E-state index contributed by atoms with van der Waals surface area (Å²) in [4.78, 5) is 21.7. The number of carboxylic acid groups (broad SMARTS) is 2. The van der Waals surface area contributed by atoms with Gasteiger partial charge in [-0.2, -0.15) is 25.3 Å². The first kappa shape index (κ1) is 21.6. The van der Waals surface area contributed by atoms with Gasteiger partial charge >= 0.3 is 11.9 Å². The van der Waals surface area contributed by atoms with E-state index in [1.165, 1.54) is 12.8 Å². The van der Waals surface area contributed by atoms with Gasteiger partial charge in [0.15, 0.2) is 0 Å². The summed E-state index contributed by atoms with van der Waals surface area (Å²) in [5.41, 5.74) is 0. The third-order valence-corrected chi connectivity index (χ3v) is 4.96. The van der Waals surface area contributed by atoms with Crippen LogP contribution in [0.15, 0.2) is 0 Å². The molecule has 0 heterocycles. The molecule has 0 amide bonds. The van der Waals surface area contributed by atoms with Crippen molar-refractivity contribution in [2.24, 2.45) is 11.8 Å². The van der Waals surface area contributed by atoms with Crippen molar-refractivity contribution in [1.29, 1.82) is 0 Å². The van der Waals surface area contributed by atoms with Crippen molar-refractivity contribution >= 4 is 37.2 Å². The monoisotopic (exact) mass is 350 g/mol. The number of aliphatic carboxylic acids is 2. The van der Waals surface area contributed by atoms with Crippen LogP contribution in [0.4, 0.5) is 0 Å². The molecule has 0 aromatic heterocycles. The minimum Gasteiger partial charge on any atom is -0.481 e. The Morgan fingerprint density at radius 2 is 1.23 bits per heavy atom. The van der Waals surface area contributed by atoms with Gasteiger partial charge < -0.3 is 10.2 Å². The molecule has 130 valence electrons. The second-order valence-corrected chi connectivity index (χ2v) is 7.71. The average molecular weight is 351 g/mol. The molecule has 0 saturated heterocycles. The molecule has 22 heavy (non-hydrogen) atoms. The van der Waals surface area contributed by atoms with Crippen LogP contribution in [0.1, 0.15) is 65.2 Å². The van der Waals surface area contributed by atoms with E-state index in [0.29, 0.717) is 0 Å².